The molecule has 688 valence electrons. The van der Waals surface area contributed by atoms with Crippen LogP contribution in [0.5, 0.6) is 0 Å². The van der Waals surface area contributed by atoms with Crippen LogP contribution in [-0.4, -0.2) is 58.1 Å². The molecule has 0 aliphatic rings. The van der Waals surface area contributed by atoms with Crippen molar-refractivity contribution in [3.05, 3.63) is 510 Å². The molecule has 0 radical (unpaired) electrons. The number of aromatic nitrogens is 12. The van der Waals surface area contributed by atoms with Crippen LogP contribution in [0.15, 0.2) is 510 Å². The molecule has 0 amide bonds. The number of rotatable bonds is 8. The Bertz CT molecular complexity index is 11100. The van der Waals surface area contributed by atoms with Crippen LogP contribution in [-0.2, 0) is 0 Å². The van der Waals surface area contributed by atoms with Crippen LogP contribution in [0.4, 0.5) is 0 Å². The summed E-state index contributed by atoms with van der Waals surface area (Å²) in [5, 5.41) is 29.1. The summed E-state index contributed by atoms with van der Waals surface area (Å²) in [4.78, 5) is 41.8. The van der Waals surface area contributed by atoms with E-state index in [1.807, 2.05) is 103 Å². The summed E-state index contributed by atoms with van der Waals surface area (Å²) in [5.41, 5.74) is 23.9. The third kappa shape index (κ3) is 14.4. The van der Waals surface area contributed by atoms with Gasteiger partial charge in [-0.2, -0.15) is 0 Å². The molecule has 0 fully saturated rings. The van der Waals surface area contributed by atoms with Crippen LogP contribution < -0.4 is 0 Å². The average Bonchev–Trinajstić information content (AvgIpc) is 1.49. The number of fused-ring (bicyclic) bond motifs is 25. The molecule has 0 saturated heterocycles. The lowest BCUT2D eigenvalue weighted by Gasteiger charge is -2.15. The van der Waals surface area contributed by atoms with Crippen LogP contribution in [0.2, 0.25) is 0 Å². The van der Waals surface area contributed by atoms with E-state index in [-0.39, 0.29) is 0 Å². The lowest BCUT2D eigenvalue weighted by Crippen LogP contribution is -2.04. The Morgan fingerprint density at radius 3 is 0.723 bits per heavy atom. The quantitative estimate of drug-likeness (QED) is 0.138. The van der Waals surface area contributed by atoms with Crippen molar-refractivity contribution >= 4 is 218 Å². The number of hydrogen-bond acceptors (Lipinski definition) is 8. The van der Waals surface area contributed by atoms with Crippen LogP contribution in [0, 0.1) is 0 Å². The molecule has 32 aromatic rings. The highest BCUT2D eigenvalue weighted by molar-refractivity contribution is 6.20. The minimum atomic E-state index is 0.838. The summed E-state index contributed by atoms with van der Waals surface area (Å²) < 4.78 is 9.17. The van der Waals surface area contributed by atoms with Crippen molar-refractivity contribution in [3.8, 4) is 68.3 Å². The Kier molecular flexibility index (Phi) is 20.0. The number of para-hydroxylation sites is 12. The first kappa shape index (κ1) is 84.8. The third-order valence-electron chi connectivity index (χ3n) is 29.4. The first-order valence-corrected chi connectivity index (χ1v) is 50.1. The normalized spacial score (nSPS) is 11.8. The van der Waals surface area contributed by atoms with Crippen LogP contribution in [0.1, 0.15) is 0 Å². The maximum atomic E-state index is 5.32. The largest absolute Gasteiger partial charge is 0.292 e. The number of benzene rings is 24. The molecule has 8 heterocycles. The van der Waals surface area contributed by atoms with Crippen molar-refractivity contribution < 1.29 is 0 Å². The van der Waals surface area contributed by atoms with Gasteiger partial charge >= 0.3 is 0 Å². The van der Waals surface area contributed by atoms with Gasteiger partial charge in [-0.15, -0.1) is 0 Å². The molecule has 12 heteroatoms. The maximum absolute atomic E-state index is 5.32. The minimum absolute atomic E-state index is 0.838. The second kappa shape index (κ2) is 35.0. The van der Waals surface area contributed by atoms with Gasteiger partial charge in [-0.1, -0.05) is 376 Å². The highest BCUT2D eigenvalue weighted by Gasteiger charge is 2.28. The number of nitrogens with zero attached hydrogens (tertiary/aromatic N) is 12. The average molecular weight is 1890 g/mol. The summed E-state index contributed by atoms with van der Waals surface area (Å²) in [6, 6.07) is 179. The van der Waals surface area contributed by atoms with Gasteiger partial charge in [0.1, 0.15) is 22.8 Å². The Morgan fingerprint density at radius 2 is 0.351 bits per heavy atom. The highest BCUT2D eigenvalue weighted by atomic mass is 15.1. The molecule has 0 N–H and O–H groups in total. The van der Waals surface area contributed by atoms with E-state index in [4.69, 9.17) is 39.9 Å². The molecule has 0 aliphatic heterocycles. The third-order valence-corrected chi connectivity index (χ3v) is 29.4. The zero-order valence-corrected chi connectivity index (χ0v) is 79.9. The van der Waals surface area contributed by atoms with Gasteiger partial charge in [0.2, 0.25) is 0 Å². The molecule has 0 spiro atoms. The predicted octanol–water partition coefficient (Wildman–Crippen LogP) is 34.8. The highest BCUT2D eigenvalue weighted by Crippen LogP contribution is 2.46. The van der Waals surface area contributed by atoms with Crippen molar-refractivity contribution in [3.63, 3.8) is 0 Å². The Morgan fingerprint density at radius 1 is 0.115 bits per heavy atom. The summed E-state index contributed by atoms with van der Waals surface area (Å²) in [6.45, 7) is 0. The second-order valence-corrected chi connectivity index (χ2v) is 38.0. The number of hydrogen-bond donors (Lipinski definition) is 0. The molecule has 148 heavy (non-hydrogen) atoms. The van der Waals surface area contributed by atoms with E-state index in [2.05, 4.69) is 425 Å². The van der Waals surface area contributed by atoms with Crippen LogP contribution in [0.25, 0.3) is 286 Å². The molecule has 8 aromatic heterocycles. The SMILES string of the molecule is c1ccc(-c2nc3ccccc3nc2-n2c3ccccc3c3cc4ccccc4cc32)cc1.c1ccc2cc(-c3nc4ccccc4nc3-n3c4ccccc4c4cc5ccccc5cc43)ccc2c1.c1ccc2cc3c(cc2c1)c1ccccc1n3-c1nc2ccccc2nc1-c1ccc2ccc3ccccc3c2c1.c1ccc2cc3c(cc2c1)c1ccccc1n3-c1nc2ccccc2nc1-c1cccc2ccccc12. The van der Waals surface area contributed by atoms with Gasteiger partial charge < -0.3 is 0 Å². The van der Waals surface area contributed by atoms with Crippen molar-refractivity contribution in [2.24, 2.45) is 0 Å². The topological polar surface area (TPSA) is 123 Å². The first-order valence-electron chi connectivity index (χ1n) is 50.1. The van der Waals surface area contributed by atoms with Crippen LogP contribution >= 0.6 is 0 Å². The molecule has 0 unspecified atom stereocenters. The van der Waals surface area contributed by atoms with Crippen LogP contribution in [0.3, 0.4) is 0 Å². The molecule has 32 rings (SSSR count). The molecule has 0 bridgehead atoms. The zero-order chi connectivity index (χ0) is 97.4. The molecule has 0 aliphatic carbocycles. The van der Waals surface area contributed by atoms with E-state index in [1.54, 1.807) is 0 Å². The summed E-state index contributed by atoms with van der Waals surface area (Å²) >= 11 is 0. The summed E-state index contributed by atoms with van der Waals surface area (Å²) in [7, 11) is 0. The van der Waals surface area contributed by atoms with Gasteiger partial charge in [0.15, 0.2) is 23.3 Å². The van der Waals surface area contributed by atoms with Gasteiger partial charge in [0.05, 0.1) is 88.3 Å². The Hall–Kier alpha value is -20.1. The van der Waals surface area contributed by atoms with Crippen molar-refractivity contribution in [2.75, 3.05) is 0 Å². The molecule has 12 nitrogen and oxygen atoms in total. The fraction of sp³-hybridized carbons (Fsp3) is 0. The maximum Gasteiger partial charge on any atom is 0.165 e. The molecule has 0 atom stereocenters. The lowest BCUT2D eigenvalue weighted by molar-refractivity contribution is 1.08. The first-order chi connectivity index (χ1) is 73.4. The van der Waals surface area contributed by atoms with Gasteiger partial charge in [0.25, 0.3) is 0 Å². The van der Waals surface area contributed by atoms with Crippen molar-refractivity contribution in [1.82, 2.24) is 58.1 Å². The predicted molar refractivity (Wildman–Crippen MR) is 617 cm³/mol. The fourth-order valence-corrected chi connectivity index (χ4v) is 22.4. The Labute approximate surface area is 847 Å². The van der Waals surface area contributed by atoms with Gasteiger partial charge in [0, 0.05) is 65.3 Å². The van der Waals surface area contributed by atoms with Gasteiger partial charge in [-0.25, -0.2) is 39.9 Å². The zero-order valence-electron chi connectivity index (χ0n) is 79.9. The van der Waals surface area contributed by atoms with Crippen molar-refractivity contribution in [1.29, 1.82) is 0 Å². The van der Waals surface area contributed by atoms with E-state index in [9.17, 15) is 0 Å². The van der Waals surface area contributed by atoms with Gasteiger partial charge in [-0.3, -0.25) is 18.3 Å². The van der Waals surface area contributed by atoms with E-state index < -0.39 is 0 Å². The Balaban J connectivity index is 0.0000000933. The molecule has 0 saturated carbocycles. The molecule has 24 aromatic carbocycles. The second-order valence-electron chi connectivity index (χ2n) is 38.0. The monoisotopic (exact) mass is 1880 g/mol. The molecular weight excluding hydrogens is 1800 g/mol. The lowest BCUT2D eigenvalue weighted by atomic mass is 9.99. The van der Waals surface area contributed by atoms with E-state index in [0.29, 0.717) is 0 Å². The molecular formula is C136H84N12. The van der Waals surface area contributed by atoms with E-state index in [0.717, 1.165) is 157 Å². The van der Waals surface area contributed by atoms with E-state index in [1.165, 1.54) is 129 Å². The smallest absolute Gasteiger partial charge is 0.165 e. The fourth-order valence-electron chi connectivity index (χ4n) is 22.4. The van der Waals surface area contributed by atoms with Gasteiger partial charge in [-0.05, 0) is 220 Å². The summed E-state index contributed by atoms with van der Waals surface area (Å²) in [5.74, 6) is 3.37. The summed E-state index contributed by atoms with van der Waals surface area (Å²) in [6.07, 6.45) is 0. The van der Waals surface area contributed by atoms with Crippen molar-refractivity contribution in [2.45, 2.75) is 0 Å². The minimum Gasteiger partial charge on any atom is -0.292 e. The standard InChI is InChI=1S/C38H23N3.2C34H21N3.C30H19N3/c1-2-11-27-23-36-32(21-26(27)10-1)30-13-5-8-16-35(30)41(36)38-37(39-33-14-6-7-15-34(33)40-38)28-20-19-25-18-17-24-9-3-4-12-29(24)31(25)22-28;1-2-12-24-21-32-28(20-23(24)11-1)26-15-5-8-19-31(26)37(32)34-33(35-29-17-6-7-18-30(29)36-34)27-16-9-13-22-10-3-4-14-25(22)27;1-2-10-23-19-26(18-17-22(23)9-1)33-34(36-30-15-7-6-14-29(30)35-33)37-31-16-8-5-13-27(31)28-20-24-11-3-4-12-25(24)21-32(28)37;1-2-10-20(11-3-1)29-30(32-26-16-8-7-15-25(26)31-29)33-27-17-9-6-14-23(27)24-18-21-12-4-5-13-22(21)19-28(24)33/h1-23H;2*1-21H;1-19H. The van der Waals surface area contributed by atoms with E-state index >= 15 is 0 Å².